The van der Waals surface area contributed by atoms with Gasteiger partial charge in [0.2, 0.25) is 0 Å². The van der Waals surface area contributed by atoms with Crippen molar-refractivity contribution in [1.82, 2.24) is 0 Å². The van der Waals surface area contributed by atoms with Crippen molar-refractivity contribution in [2.24, 2.45) is 11.8 Å². The number of fused-ring (bicyclic) bond motifs is 1. The molecule has 0 amide bonds. The van der Waals surface area contributed by atoms with E-state index in [4.69, 9.17) is 0 Å². The molecule has 2 N–H and O–H groups in total. The van der Waals surface area contributed by atoms with Crippen LogP contribution in [0.15, 0.2) is 12.2 Å². The monoisotopic (exact) mass is 531 g/mol. The maximum absolute atomic E-state index is 10.1. The highest BCUT2D eigenvalue weighted by atomic mass is 127. The Morgan fingerprint density at radius 1 is 1.14 bits per heavy atom. The van der Waals surface area contributed by atoms with Gasteiger partial charge >= 0.3 is 0 Å². The summed E-state index contributed by atoms with van der Waals surface area (Å²) >= 11 is 2.79. The fraction of sp³-hybridized carbons (Fsp3) is 0.889. The quantitative estimate of drug-likeness (QED) is 0.292. The summed E-state index contributed by atoms with van der Waals surface area (Å²) in [7, 11) is 0. The van der Waals surface area contributed by atoms with Gasteiger partial charge in [-0.05, 0) is 50.9 Å². The van der Waals surface area contributed by atoms with Crippen LogP contribution in [-0.2, 0) is 0 Å². The average Bonchev–Trinajstić information content (AvgIpc) is 3.28. The fourth-order valence-corrected chi connectivity index (χ4v) is 5.84. The summed E-state index contributed by atoms with van der Waals surface area (Å²) in [6, 6.07) is 0. The van der Waals surface area contributed by atoms with Crippen molar-refractivity contribution < 1.29 is 34.0 Å². The lowest BCUT2D eigenvalue weighted by atomic mass is 9.75. The number of quaternary nitrogens is 1. The molecule has 3 fully saturated rings. The Balaban J connectivity index is 0.00000176. The molecule has 2 aliphatic heterocycles. The van der Waals surface area contributed by atoms with Crippen molar-refractivity contribution in [3.8, 4) is 0 Å². The molecule has 5 atom stereocenters. The Kier molecular flexibility index (Phi) is 6.68. The second-order valence-corrected chi connectivity index (χ2v) is 9.79. The highest BCUT2D eigenvalue weighted by Gasteiger charge is 2.60. The van der Waals surface area contributed by atoms with Crippen LogP contribution in [0.1, 0.15) is 58.8 Å². The summed E-state index contributed by atoms with van der Waals surface area (Å²) in [5.41, 5.74) is 0.415. The molecule has 0 radical (unpaired) electrons. The molecule has 3 aliphatic rings. The van der Waals surface area contributed by atoms with Crippen molar-refractivity contribution in [1.29, 1.82) is 0 Å². The molecule has 0 spiro atoms. The zero-order valence-electron chi connectivity index (χ0n) is 14.0. The van der Waals surface area contributed by atoms with Crippen LogP contribution >= 0.6 is 22.6 Å². The van der Waals surface area contributed by atoms with E-state index in [0.717, 1.165) is 0 Å². The Labute approximate surface area is 166 Å². The molecule has 2 heterocycles. The van der Waals surface area contributed by atoms with Crippen LogP contribution in [-0.4, -0.2) is 33.3 Å². The first kappa shape index (κ1) is 19.4. The van der Waals surface area contributed by atoms with Gasteiger partial charge in [-0.15, -0.1) is 0 Å². The molecular weight excluding hydrogens is 500 g/mol. The predicted molar refractivity (Wildman–Crippen MR) is 96.0 cm³/mol. The van der Waals surface area contributed by atoms with E-state index in [1.54, 1.807) is 0 Å². The Morgan fingerprint density at radius 3 is 2.55 bits per heavy atom. The van der Waals surface area contributed by atoms with Crippen LogP contribution in [0, 0.1) is 11.8 Å². The SMILES string of the molecule is C[C@H](/C=C/[C@@H](O)C1CC1)[C@@]1(I)CC[NH+]2CCCCC[C@@]21C.[I-]. The fourth-order valence-electron chi connectivity index (χ4n) is 4.72. The molecule has 2 saturated heterocycles. The maximum Gasteiger partial charge on any atom is 0.110 e. The minimum Gasteiger partial charge on any atom is -1.00 e. The number of aliphatic hydroxyl groups excluding tert-OH is 1. The van der Waals surface area contributed by atoms with E-state index in [1.165, 1.54) is 58.0 Å². The summed E-state index contributed by atoms with van der Waals surface area (Å²) in [6.45, 7) is 7.61. The van der Waals surface area contributed by atoms with Crippen LogP contribution in [0.25, 0.3) is 0 Å². The lowest BCUT2D eigenvalue weighted by molar-refractivity contribution is -0.937. The van der Waals surface area contributed by atoms with Crippen molar-refractivity contribution >= 4 is 22.6 Å². The van der Waals surface area contributed by atoms with Gasteiger partial charge in [0.05, 0.1) is 22.6 Å². The first-order chi connectivity index (χ1) is 9.97. The second-order valence-electron chi connectivity index (χ2n) is 7.86. The number of aliphatic hydroxyl groups is 1. The first-order valence-electron chi connectivity index (χ1n) is 8.88. The largest absolute Gasteiger partial charge is 1.00 e. The smallest absolute Gasteiger partial charge is 0.110 e. The zero-order chi connectivity index (χ0) is 15.1. The molecule has 4 heteroatoms. The van der Waals surface area contributed by atoms with E-state index >= 15 is 0 Å². The second kappa shape index (κ2) is 7.56. The van der Waals surface area contributed by atoms with Gasteiger partial charge in [0.1, 0.15) is 5.54 Å². The van der Waals surface area contributed by atoms with E-state index in [-0.39, 0.29) is 30.1 Å². The maximum atomic E-state index is 10.1. The average molecular weight is 531 g/mol. The van der Waals surface area contributed by atoms with Crippen LogP contribution in [0.2, 0.25) is 0 Å². The van der Waals surface area contributed by atoms with E-state index in [9.17, 15) is 5.11 Å². The van der Waals surface area contributed by atoms with E-state index in [2.05, 4.69) is 48.6 Å². The minimum atomic E-state index is -0.195. The number of alkyl halides is 1. The van der Waals surface area contributed by atoms with Gasteiger partial charge < -0.3 is 34.0 Å². The number of hydrogen-bond acceptors (Lipinski definition) is 1. The molecule has 0 bridgehead atoms. The topological polar surface area (TPSA) is 24.7 Å². The zero-order valence-corrected chi connectivity index (χ0v) is 18.3. The molecule has 1 aliphatic carbocycles. The molecule has 3 rings (SSSR count). The molecular formula is C18H31I2NO. The molecule has 2 nitrogen and oxygen atoms in total. The number of nitrogens with one attached hydrogen (secondary N) is 1. The summed E-state index contributed by atoms with van der Waals surface area (Å²) in [6.07, 6.45) is 13.6. The summed E-state index contributed by atoms with van der Waals surface area (Å²) in [5, 5.41) is 10.1. The van der Waals surface area contributed by atoms with Gasteiger partial charge in [-0.3, -0.25) is 0 Å². The van der Waals surface area contributed by atoms with Crippen molar-refractivity contribution in [3.05, 3.63) is 12.2 Å². The van der Waals surface area contributed by atoms with Gasteiger partial charge in [0, 0.05) is 12.8 Å². The van der Waals surface area contributed by atoms with Gasteiger partial charge in [0.25, 0.3) is 0 Å². The van der Waals surface area contributed by atoms with Crippen molar-refractivity contribution in [2.75, 3.05) is 13.1 Å². The summed E-state index contributed by atoms with van der Waals surface area (Å²) in [4.78, 5) is 1.84. The molecule has 1 saturated carbocycles. The lowest BCUT2D eigenvalue weighted by Crippen LogP contribution is -3.18. The van der Waals surface area contributed by atoms with Crippen molar-refractivity contribution in [3.63, 3.8) is 0 Å². The third-order valence-electron chi connectivity index (χ3n) is 6.57. The predicted octanol–water partition coefficient (Wildman–Crippen LogP) is -0.251. The van der Waals surface area contributed by atoms with Gasteiger partial charge in [0.15, 0.2) is 0 Å². The molecule has 22 heavy (non-hydrogen) atoms. The summed E-state index contributed by atoms with van der Waals surface area (Å²) in [5.74, 6) is 1.10. The normalized spacial score (nSPS) is 41.5. The minimum absolute atomic E-state index is 0. The molecule has 0 aromatic rings. The van der Waals surface area contributed by atoms with Gasteiger partial charge in [-0.2, -0.15) is 0 Å². The number of allylic oxidation sites excluding steroid dienone is 1. The van der Waals surface area contributed by atoms with Crippen LogP contribution in [0.5, 0.6) is 0 Å². The third kappa shape index (κ3) is 3.54. The molecule has 1 unspecified atom stereocenters. The molecule has 0 aromatic carbocycles. The first-order valence-corrected chi connectivity index (χ1v) is 9.96. The van der Waals surface area contributed by atoms with Gasteiger partial charge in [-0.25, -0.2) is 0 Å². The summed E-state index contributed by atoms with van der Waals surface area (Å²) < 4.78 is 0.351. The van der Waals surface area contributed by atoms with Gasteiger partial charge in [-0.1, -0.05) is 41.7 Å². The highest BCUT2D eigenvalue weighted by Crippen LogP contribution is 2.47. The van der Waals surface area contributed by atoms with Crippen molar-refractivity contribution in [2.45, 2.75) is 73.9 Å². The van der Waals surface area contributed by atoms with Crippen LogP contribution < -0.4 is 28.9 Å². The van der Waals surface area contributed by atoms with E-state index in [0.29, 0.717) is 20.8 Å². The number of hydrogen-bond donors (Lipinski definition) is 2. The van der Waals surface area contributed by atoms with E-state index in [1.807, 2.05) is 4.90 Å². The Bertz CT molecular complexity index is 412. The number of rotatable bonds is 4. The standard InChI is InChI=1S/C18H30INO.HI/c1-14(6-9-16(21)15-7-8-15)18(19)11-13-20-12-5-3-4-10-17(18,20)2;/h6,9,14-16,21H,3-5,7-8,10-13H2,1-2H3;1H/b9-6+;/t14-,16-,17-,18+;/m1./s1. The van der Waals surface area contributed by atoms with E-state index < -0.39 is 0 Å². The Morgan fingerprint density at radius 2 is 1.86 bits per heavy atom. The Hall–Kier alpha value is 1.12. The highest BCUT2D eigenvalue weighted by molar-refractivity contribution is 14.1. The molecule has 0 aromatic heterocycles. The molecule has 128 valence electrons. The third-order valence-corrected chi connectivity index (χ3v) is 9.28. The number of halogens is 2. The lowest BCUT2D eigenvalue weighted by Gasteiger charge is -2.43. The van der Waals surface area contributed by atoms with Crippen LogP contribution in [0.3, 0.4) is 0 Å². The van der Waals surface area contributed by atoms with Crippen LogP contribution in [0.4, 0.5) is 0 Å².